The predicted molar refractivity (Wildman–Crippen MR) is 60.2 cm³/mol. The molecule has 1 nitrogen and oxygen atoms in total. The van der Waals surface area contributed by atoms with Crippen molar-refractivity contribution in [1.82, 2.24) is 4.57 Å². The van der Waals surface area contributed by atoms with Crippen LogP contribution in [0.25, 0.3) is 5.69 Å². The lowest BCUT2D eigenvalue weighted by molar-refractivity contribution is 0.616. The summed E-state index contributed by atoms with van der Waals surface area (Å²) in [5, 5.41) is 0.153. The summed E-state index contributed by atoms with van der Waals surface area (Å²) in [6.07, 6.45) is 0. The summed E-state index contributed by atoms with van der Waals surface area (Å²) in [6, 6.07) is 8.93. The predicted octanol–water partition coefficient (Wildman–Crippen LogP) is 3.89. The van der Waals surface area contributed by atoms with Gasteiger partial charge in [-0.15, -0.1) is 0 Å². The van der Waals surface area contributed by atoms with Crippen LogP contribution in [0.5, 0.6) is 0 Å². The highest BCUT2D eigenvalue weighted by Gasteiger charge is 2.10. The number of aromatic nitrogens is 1. The van der Waals surface area contributed by atoms with Gasteiger partial charge >= 0.3 is 0 Å². The topological polar surface area (TPSA) is 4.93 Å². The van der Waals surface area contributed by atoms with Gasteiger partial charge in [0.25, 0.3) is 0 Å². The molecule has 1 aromatic carbocycles. The van der Waals surface area contributed by atoms with Gasteiger partial charge in [-0.3, -0.25) is 0 Å². The standard InChI is InChI=1S/C12H11ClFN/c1-8-6-7-9(2)15(8)11-5-3-4-10(13)12(11)14/h3-7H,1-2H3. The van der Waals surface area contributed by atoms with Crippen LogP contribution in [0.4, 0.5) is 4.39 Å². The van der Waals surface area contributed by atoms with Gasteiger partial charge < -0.3 is 4.57 Å². The molecule has 0 amide bonds. The third-order valence-corrected chi connectivity index (χ3v) is 2.74. The quantitative estimate of drug-likeness (QED) is 0.691. The molecule has 1 aromatic heterocycles. The summed E-state index contributed by atoms with van der Waals surface area (Å²) in [4.78, 5) is 0. The van der Waals surface area contributed by atoms with Gasteiger partial charge in [0, 0.05) is 11.4 Å². The molecule has 0 radical (unpaired) electrons. The van der Waals surface area contributed by atoms with E-state index < -0.39 is 0 Å². The SMILES string of the molecule is Cc1ccc(C)n1-c1cccc(Cl)c1F. The van der Waals surface area contributed by atoms with E-state index in [1.807, 2.05) is 30.5 Å². The first-order valence-electron chi connectivity index (χ1n) is 4.70. The van der Waals surface area contributed by atoms with Crippen molar-refractivity contribution in [3.05, 3.63) is 52.6 Å². The summed E-state index contributed by atoms with van der Waals surface area (Å²) in [7, 11) is 0. The van der Waals surface area contributed by atoms with E-state index in [0.29, 0.717) is 5.69 Å². The Bertz CT molecular complexity index is 483. The summed E-state index contributed by atoms with van der Waals surface area (Å²) in [5.41, 5.74) is 2.49. The molecule has 1 heterocycles. The fourth-order valence-corrected chi connectivity index (χ4v) is 1.88. The first kappa shape index (κ1) is 10.2. The zero-order valence-corrected chi connectivity index (χ0v) is 9.35. The largest absolute Gasteiger partial charge is 0.316 e. The van der Waals surface area contributed by atoms with E-state index in [9.17, 15) is 4.39 Å². The highest BCUT2D eigenvalue weighted by atomic mass is 35.5. The summed E-state index contributed by atoms with van der Waals surface area (Å²) in [5.74, 6) is -0.374. The highest BCUT2D eigenvalue weighted by Crippen LogP contribution is 2.24. The fourth-order valence-electron chi connectivity index (χ4n) is 1.71. The van der Waals surface area contributed by atoms with Crippen molar-refractivity contribution in [3.63, 3.8) is 0 Å². The second-order valence-corrected chi connectivity index (χ2v) is 3.93. The van der Waals surface area contributed by atoms with Gasteiger partial charge in [0.1, 0.15) is 0 Å². The number of nitrogens with zero attached hydrogens (tertiary/aromatic N) is 1. The molecule has 0 unspecified atom stereocenters. The van der Waals surface area contributed by atoms with Gasteiger partial charge in [-0.1, -0.05) is 17.7 Å². The Morgan fingerprint density at radius 3 is 2.27 bits per heavy atom. The second kappa shape index (κ2) is 3.70. The van der Waals surface area contributed by atoms with Crippen molar-refractivity contribution in [3.8, 4) is 5.69 Å². The van der Waals surface area contributed by atoms with Crippen molar-refractivity contribution in [2.45, 2.75) is 13.8 Å². The number of rotatable bonds is 1. The molecule has 0 aliphatic rings. The van der Waals surface area contributed by atoms with Gasteiger partial charge in [0.15, 0.2) is 5.82 Å². The minimum atomic E-state index is -0.374. The molecule has 2 rings (SSSR count). The summed E-state index contributed by atoms with van der Waals surface area (Å²) in [6.45, 7) is 3.88. The molecule has 0 saturated carbocycles. The van der Waals surface area contributed by atoms with E-state index in [2.05, 4.69) is 0 Å². The van der Waals surface area contributed by atoms with Crippen LogP contribution in [0.3, 0.4) is 0 Å². The monoisotopic (exact) mass is 223 g/mol. The Labute approximate surface area is 93.1 Å². The Morgan fingerprint density at radius 1 is 1.07 bits per heavy atom. The van der Waals surface area contributed by atoms with Crippen LogP contribution in [0.1, 0.15) is 11.4 Å². The van der Waals surface area contributed by atoms with Crippen LogP contribution < -0.4 is 0 Å². The maximum Gasteiger partial charge on any atom is 0.165 e. The van der Waals surface area contributed by atoms with E-state index in [0.717, 1.165) is 11.4 Å². The molecule has 78 valence electrons. The van der Waals surface area contributed by atoms with Crippen LogP contribution >= 0.6 is 11.6 Å². The third-order valence-electron chi connectivity index (χ3n) is 2.44. The number of hydrogen-bond donors (Lipinski definition) is 0. The summed E-state index contributed by atoms with van der Waals surface area (Å²) >= 11 is 5.75. The minimum absolute atomic E-state index is 0.153. The van der Waals surface area contributed by atoms with Crippen molar-refractivity contribution >= 4 is 11.6 Å². The number of aryl methyl sites for hydroxylation is 2. The molecular weight excluding hydrogens is 213 g/mol. The maximum atomic E-state index is 13.8. The molecular formula is C12H11ClFN. The number of benzene rings is 1. The Hall–Kier alpha value is -1.28. The molecule has 0 spiro atoms. The van der Waals surface area contributed by atoms with Crippen molar-refractivity contribution < 1.29 is 4.39 Å². The molecule has 0 fully saturated rings. The van der Waals surface area contributed by atoms with Crippen LogP contribution in [0.15, 0.2) is 30.3 Å². The van der Waals surface area contributed by atoms with E-state index >= 15 is 0 Å². The second-order valence-electron chi connectivity index (χ2n) is 3.52. The average molecular weight is 224 g/mol. The van der Waals surface area contributed by atoms with E-state index in [4.69, 9.17) is 11.6 Å². The van der Waals surface area contributed by atoms with Crippen LogP contribution in [0, 0.1) is 19.7 Å². The molecule has 2 aromatic rings. The molecule has 0 saturated heterocycles. The van der Waals surface area contributed by atoms with Crippen LogP contribution in [0.2, 0.25) is 5.02 Å². The Morgan fingerprint density at radius 2 is 1.67 bits per heavy atom. The zero-order chi connectivity index (χ0) is 11.0. The average Bonchev–Trinajstić information content (AvgIpc) is 2.52. The van der Waals surface area contributed by atoms with Crippen LogP contribution in [-0.4, -0.2) is 4.57 Å². The van der Waals surface area contributed by atoms with Gasteiger partial charge in [-0.2, -0.15) is 0 Å². The molecule has 3 heteroatoms. The van der Waals surface area contributed by atoms with E-state index in [-0.39, 0.29) is 10.8 Å². The summed E-state index contributed by atoms with van der Waals surface area (Å²) < 4.78 is 15.6. The molecule has 0 atom stereocenters. The Kier molecular flexibility index (Phi) is 2.53. The first-order valence-corrected chi connectivity index (χ1v) is 5.08. The highest BCUT2D eigenvalue weighted by molar-refractivity contribution is 6.30. The maximum absolute atomic E-state index is 13.8. The molecule has 0 aliphatic carbocycles. The molecule has 0 bridgehead atoms. The lowest BCUT2D eigenvalue weighted by atomic mass is 10.3. The zero-order valence-electron chi connectivity index (χ0n) is 8.59. The van der Waals surface area contributed by atoms with Gasteiger partial charge in [0.2, 0.25) is 0 Å². The van der Waals surface area contributed by atoms with Crippen molar-refractivity contribution in [1.29, 1.82) is 0 Å². The first-order chi connectivity index (χ1) is 7.11. The van der Waals surface area contributed by atoms with E-state index in [1.54, 1.807) is 18.2 Å². The van der Waals surface area contributed by atoms with Gasteiger partial charge in [-0.25, -0.2) is 4.39 Å². The smallest absolute Gasteiger partial charge is 0.165 e. The van der Waals surface area contributed by atoms with Gasteiger partial charge in [-0.05, 0) is 38.1 Å². The molecule has 0 aliphatic heterocycles. The van der Waals surface area contributed by atoms with Crippen molar-refractivity contribution in [2.75, 3.05) is 0 Å². The molecule has 0 N–H and O–H groups in total. The van der Waals surface area contributed by atoms with Crippen LogP contribution in [-0.2, 0) is 0 Å². The fraction of sp³-hybridized carbons (Fsp3) is 0.167. The number of hydrogen-bond acceptors (Lipinski definition) is 0. The van der Waals surface area contributed by atoms with Crippen molar-refractivity contribution in [2.24, 2.45) is 0 Å². The lowest BCUT2D eigenvalue weighted by Crippen LogP contribution is -2.01. The normalized spacial score (nSPS) is 10.7. The third kappa shape index (κ3) is 1.65. The molecule has 15 heavy (non-hydrogen) atoms. The Balaban J connectivity index is 2.69. The van der Waals surface area contributed by atoms with Gasteiger partial charge in [0.05, 0.1) is 10.7 Å². The van der Waals surface area contributed by atoms with E-state index in [1.165, 1.54) is 0 Å². The minimum Gasteiger partial charge on any atom is -0.316 e. The number of halogens is 2. The lowest BCUT2D eigenvalue weighted by Gasteiger charge is -2.10.